The molecular formula is C14H15ClFNO2. The standard InChI is InChI=1S/C14H15ClFNO2/c1-10(8-17-9-12-3-2-6-18-12)19-14-5-4-11(16)7-13(14)15/h2-7,10,17H,8-9H2,1H3. The highest BCUT2D eigenvalue weighted by atomic mass is 35.5. The lowest BCUT2D eigenvalue weighted by Gasteiger charge is -2.16. The molecule has 1 atom stereocenters. The van der Waals surface area contributed by atoms with Gasteiger partial charge in [0.15, 0.2) is 0 Å². The molecule has 2 rings (SSSR count). The van der Waals surface area contributed by atoms with Crippen molar-refractivity contribution in [2.75, 3.05) is 6.54 Å². The molecule has 0 fully saturated rings. The van der Waals surface area contributed by atoms with Gasteiger partial charge in [-0.25, -0.2) is 4.39 Å². The third-order valence-electron chi connectivity index (χ3n) is 2.53. The number of hydrogen-bond acceptors (Lipinski definition) is 3. The van der Waals surface area contributed by atoms with Crippen LogP contribution in [0.4, 0.5) is 4.39 Å². The fraction of sp³-hybridized carbons (Fsp3) is 0.286. The summed E-state index contributed by atoms with van der Waals surface area (Å²) < 4.78 is 23.7. The van der Waals surface area contributed by atoms with Crippen molar-refractivity contribution in [3.63, 3.8) is 0 Å². The maximum absolute atomic E-state index is 12.9. The van der Waals surface area contributed by atoms with Crippen LogP contribution in [0.3, 0.4) is 0 Å². The maximum Gasteiger partial charge on any atom is 0.138 e. The minimum atomic E-state index is -0.374. The fourth-order valence-electron chi connectivity index (χ4n) is 1.64. The smallest absolute Gasteiger partial charge is 0.138 e. The molecule has 0 amide bonds. The average molecular weight is 284 g/mol. The molecule has 1 aromatic heterocycles. The molecule has 0 bridgehead atoms. The van der Waals surface area contributed by atoms with Gasteiger partial charge < -0.3 is 14.5 Å². The molecule has 0 aliphatic rings. The number of hydrogen-bond donors (Lipinski definition) is 1. The van der Waals surface area contributed by atoms with Gasteiger partial charge in [-0.2, -0.15) is 0 Å². The molecule has 0 saturated carbocycles. The molecule has 19 heavy (non-hydrogen) atoms. The van der Waals surface area contributed by atoms with Gasteiger partial charge >= 0.3 is 0 Å². The van der Waals surface area contributed by atoms with Crippen LogP contribution < -0.4 is 10.1 Å². The van der Waals surface area contributed by atoms with Crippen LogP contribution in [0.25, 0.3) is 0 Å². The number of nitrogens with one attached hydrogen (secondary N) is 1. The zero-order valence-electron chi connectivity index (χ0n) is 10.5. The second-order valence-corrected chi connectivity index (χ2v) is 4.62. The molecule has 0 radical (unpaired) electrons. The van der Waals surface area contributed by atoms with Crippen LogP contribution in [0.5, 0.6) is 5.75 Å². The van der Waals surface area contributed by atoms with Crippen molar-refractivity contribution in [2.45, 2.75) is 19.6 Å². The minimum absolute atomic E-state index is 0.0853. The van der Waals surface area contributed by atoms with Gasteiger partial charge in [0.05, 0.1) is 17.8 Å². The second kappa shape index (κ2) is 6.59. The predicted molar refractivity (Wildman–Crippen MR) is 71.9 cm³/mol. The first kappa shape index (κ1) is 13.9. The van der Waals surface area contributed by atoms with Crippen molar-refractivity contribution in [1.29, 1.82) is 0 Å². The molecule has 0 aliphatic heterocycles. The van der Waals surface area contributed by atoms with Crippen LogP contribution in [0.2, 0.25) is 5.02 Å². The summed E-state index contributed by atoms with van der Waals surface area (Å²) in [4.78, 5) is 0. The Morgan fingerprint density at radius 2 is 2.26 bits per heavy atom. The van der Waals surface area contributed by atoms with E-state index in [1.54, 1.807) is 6.26 Å². The van der Waals surface area contributed by atoms with Gasteiger partial charge in [-0.05, 0) is 37.3 Å². The summed E-state index contributed by atoms with van der Waals surface area (Å²) in [5.41, 5.74) is 0. The molecule has 3 nitrogen and oxygen atoms in total. The highest BCUT2D eigenvalue weighted by molar-refractivity contribution is 6.32. The van der Waals surface area contributed by atoms with E-state index in [9.17, 15) is 4.39 Å². The number of furan rings is 1. The van der Waals surface area contributed by atoms with Crippen LogP contribution in [0, 0.1) is 5.82 Å². The fourth-order valence-corrected chi connectivity index (χ4v) is 1.85. The Hall–Kier alpha value is -1.52. The van der Waals surface area contributed by atoms with Gasteiger partial charge in [0.2, 0.25) is 0 Å². The molecular weight excluding hydrogens is 269 g/mol. The van der Waals surface area contributed by atoms with Crippen LogP contribution in [-0.4, -0.2) is 12.6 Å². The molecule has 2 aromatic rings. The summed E-state index contributed by atoms with van der Waals surface area (Å²) >= 11 is 5.89. The first-order valence-electron chi connectivity index (χ1n) is 6.00. The minimum Gasteiger partial charge on any atom is -0.488 e. The lowest BCUT2D eigenvalue weighted by Crippen LogP contribution is -2.28. The molecule has 1 heterocycles. The zero-order chi connectivity index (χ0) is 13.7. The molecule has 5 heteroatoms. The number of ether oxygens (including phenoxy) is 1. The largest absolute Gasteiger partial charge is 0.488 e. The first-order chi connectivity index (χ1) is 9.15. The molecule has 102 valence electrons. The maximum atomic E-state index is 12.9. The van der Waals surface area contributed by atoms with Crippen molar-refractivity contribution in [2.24, 2.45) is 0 Å². The summed E-state index contributed by atoms with van der Waals surface area (Å²) in [6.45, 7) is 3.18. The number of rotatable bonds is 6. The summed E-state index contributed by atoms with van der Waals surface area (Å²) in [5, 5.41) is 3.48. The van der Waals surface area contributed by atoms with Crippen LogP contribution in [0.15, 0.2) is 41.0 Å². The van der Waals surface area contributed by atoms with Crippen molar-refractivity contribution >= 4 is 11.6 Å². The van der Waals surface area contributed by atoms with E-state index in [1.165, 1.54) is 18.2 Å². The number of benzene rings is 1. The van der Waals surface area contributed by atoms with E-state index in [-0.39, 0.29) is 16.9 Å². The van der Waals surface area contributed by atoms with E-state index in [1.807, 2.05) is 19.1 Å². The van der Waals surface area contributed by atoms with Crippen molar-refractivity contribution in [3.8, 4) is 5.75 Å². The Morgan fingerprint density at radius 1 is 1.42 bits per heavy atom. The van der Waals surface area contributed by atoms with E-state index in [2.05, 4.69) is 5.32 Å². The van der Waals surface area contributed by atoms with Gasteiger partial charge in [0.25, 0.3) is 0 Å². The summed E-state index contributed by atoms with van der Waals surface area (Å²) in [7, 11) is 0. The van der Waals surface area contributed by atoms with E-state index in [0.717, 1.165) is 5.76 Å². The van der Waals surface area contributed by atoms with Crippen LogP contribution in [-0.2, 0) is 6.54 Å². The van der Waals surface area contributed by atoms with Gasteiger partial charge in [0, 0.05) is 6.54 Å². The zero-order valence-corrected chi connectivity index (χ0v) is 11.3. The van der Waals surface area contributed by atoms with Gasteiger partial charge in [-0.15, -0.1) is 0 Å². The quantitative estimate of drug-likeness (QED) is 0.879. The van der Waals surface area contributed by atoms with Crippen molar-refractivity contribution in [3.05, 3.63) is 53.2 Å². The second-order valence-electron chi connectivity index (χ2n) is 4.21. The van der Waals surface area contributed by atoms with E-state index in [4.69, 9.17) is 20.8 Å². The molecule has 0 saturated heterocycles. The van der Waals surface area contributed by atoms with E-state index in [0.29, 0.717) is 18.8 Å². The van der Waals surface area contributed by atoms with Crippen LogP contribution >= 0.6 is 11.6 Å². The Balaban J connectivity index is 1.79. The summed E-state index contributed by atoms with van der Waals surface area (Å²) in [5.74, 6) is 0.975. The lowest BCUT2D eigenvalue weighted by atomic mass is 10.3. The SMILES string of the molecule is CC(CNCc1ccco1)Oc1ccc(F)cc1Cl. The molecule has 1 aromatic carbocycles. The first-order valence-corrected chi connectivity index (χ1v) is 6.38. The highest BCUT2D eigenvalue weighted by Crippen LogP contribution is 2.25. The van der Waals surface area contributed by atoms with Crippen molar-refractivity contribution in [1.82, 2.24) is 5.32 Å². The predicted octanol–water partition coefficient (Wildman–Crippen LogP) is 3.63. The Labute approximate surface area is 116 Å². The molecule has 0 aliphatic carbocycles. The van der Waals surface area contributed by atoms with Gasteiger partial charge in [0.1, 0.15) is 23.4 Å². The Kier molecular flexibility index (Phi) is 4.82. The summed E-state index contributed by atoms with van der Waals surface area (Å²) in [6.07, 6.45) is 1.55. The summed E-state index contributed by atoms with van der Waals surface area (Å²) in [6, 6.07) is 7.83. The normalized spacial score (nSPS) is 12.4. The van der Waals surface area contributed by atoms with Crippen molar-refractivity contribution < 1.29 is 13.5 Å². The Morgan fingerprint density at radius 3 is 2.95 bits per heavy atom. The van der Waals surface area contributed by atoms with Crippen LogP contribution in [0.1, 0.15) is 12.7 Å². The monoisotopic (exact) mass is 283 g/mol. The average Bonchev–Trinajstić information content (AvgIpc) is 2.86. The number of halogens is 2. The Bertz CT molecular complexity index is 516. The highest BCUT2D eigenvalue weighted by Gasteiger charge is 2.08. The third kappa shape index (κ3) is 4.26. The molecule has 0 spiro atoms. The van der Waals surface area contributed by atoms with Gasteiger partial charge in [-0.1, -0.05) is 11.6 Å². The lowest BCUT2D eigenvalue weighted by molar-refractivity contribution is 0.215. The van der Waals surface area contributed by atoms with E-state index >= 15 is 0 Å². The van der Waals surface area contributed by atoms with E-state index < -0.39 is 0 Å². The van der Waals surface area contributed by atoms with Gasteiger partial charge in [-0.3, -0.25) is 0 Å². The molecule has 1 unspecified atom stereocenters. The topological polar surface area (TPSA) is 34.4 Å². The molecule has 1 N–H and O–H groups in total. The third-order valence-corrected chi connectivity index (χ3v) is 2.83.